The summed E-state index contributed by atoms with van der Waals surface area (Å²) >= 11 is 0. The molecule has 60 heavy (non-hydrogen) atoms. The van der Waals surface area contributed by atoms with Crippen LogP contribution in [0.15, 0.2) is 0 Å². The van der Waals surface area contributed by atoms with Crippen LogP contribution in [-0.2, 0) is 28.6 Å². The van der Waals surface area contributed by atoms with Crippen molar-refractivity contribution in [1.29, 1.82) is 0 Å². The molecule has 0 aliphatic rings. The van der Waals surface area contributed by atoms with Crippen LogP contribution in [0.5, 0.6) is 0 Å². The third-order valence-corrected chi connectivity index (χ3v) is 12.2. The van der Waals surface area contributed by atoms with Gasteiger partial charge in [0.05, 0.1) is 0 Å². The predicted molar refractivity (Wildman–Crippen MR) is 256 cm³/mol. The monoisotopic (exact) mass is 849 g/mol. The molecule has 6 nitrogen and oxygen atoms in total. The van der Waals surface area contributed by atoms with Gasteiger partial charge < -0.3 is 14.2 Å². The van der Waals surface area contributed by atoms with Crippen LogP contribution in [0.1, 0.15) is 298 Å². The summed E-state index contributed by atoms with van der Waals surface area (Å²) in [5.74, 6) is 0.822. The Kier molecular flexibility index (Phi) is 45.7. The van der Waals surface area contributed by atoms with Gasteiger partial charge in [-0.1, -0.05) is 259 Å². The predicted octanol–water partition coefficient (Wildman–Crippen LogP) is 17.3. The maximum atomic E-state index is 12.8. The Bertz CT molecular complexity index is 916. The van der Waals surface area contributed by atoms with E-state index in [0.717, 1.165) is 69.6 Å². The van der Waals surface area contributed by atoms with E-state index in [9.17, 15) is 14.4 Å². The fraction of sp³-hybridized carbons (Fsp3) is 0.944. The standard InChI is InChI=1S/C54H104O6/c1-6-7-8-9-10-11-24-29-34-39-44-52(55)58-47-51(60-54(57)46-41-36-31-26-21-20-23-28-33-38-43-50(4)5)48-59-53(56)45-40-35-30-25-19-17-15-13-12-14-16-18-22-27-32-37-42-49(2)3/h49-51H,6-48H2,1-5H3/t51-/m1/s1. The molecule has 0 aromatic carbocycles. The van der Waals surface area contributed by atoms with Gasteiger partial charge in [0, 0.05) is 19.3 Å². The van der Waals surface area contributed by atoms with Crippen molar-refractivity contribution in [3.05, 3.63) is 0 Å². The number of unbranched alkanes of at least 4 members (excludes halogenated alkanes) is 33. The second kappa shape index (κ2) is 46.9. The SMILES string of the molecule is CCCCCCCCCCCCC(=O)OC[C@H](COC(=O)CCCCCCCCCCCCCCCCCCC(C)C)OC(=O)CCCCCCCCCCCCC(C)C. The Hall–Kier alpha value is -1.59. The van der Waals surface area contributed by atoms with Gasteiger partial charge in [-0.2, -0.15) is 0 Å². The minimum absolute atomic E-state index is 0.0635. The lowest BCUT2D eigenvalue weighted by atomic mass is 10.0. The number of rotatable bonds is 48. The van der Waals surface area contributed by atoms with E-state index in [1.54, 1.807) is 0 Å². The molecular formula is C54H104O6. The molecule has 0 bridgehead atoms. The van der Waals surface area contributed by atoms with Crippen molar-refractivity contribution in [2.75, 3.05) is 13.2 Å². The van der Waals surface area contributed by atoms with E-state index in [2.05, 4.69) is 34.6 Å². The minimum Gasteiger partial charge on any atom is -0.462 e. The van der Waals surface area contributed by atoms with E-state index in [4.69, 9.17) is 14.2 Å². The summed E-state index contributed by atoms with van der Waals surface area (Å²) in [5.41, 5.74) is 0. The quantitative estimate of drug-likeness (QED) is 0.0345. The lowest BCUT2D eigenvalue weighted by Crippen LogP contribution is -2.30. The molecular weight excluding hydrogens is 745 g/mol. The number of hydrogen-bond acceptors (Lipinski definition) is 6. The molecule has 0 rings (SSSR count). The molecule has 0 saturated carbocycles. The number of esters is 3. The van der Waals surface area contributed by atoms with Crippen LogP contribution in [-0.4, -0.2) is 37.2 Å². The topological polar surface area (TPSA) is 78.9 Å². The molecule has 1 atom stereocenters. The summed E-state index contributed by atoms with van der Waals surface area (Å²) in [6.07, 6.45) is 48.1. The third kappa shape index (κ3) is 47.5. The molecule has 0 aliphatic heterocycles. The summed E-state index contributed by atoms with van der Waals surface area (Å²) in [6.45, 7) is 11.4. The zero-order valence-corrected chi connectivity index (χ0v) is 41.1. The van der Waals surface area contributed by atoms with E-state index in [1.165, 1.54) is 186 Å². The average Bonchev–Trinajstić information content (AvgIpc) is 3.22. The maximum absolute atomic E-state index is 12.8. The Morgan fingerprint density at radius 1 is 0.317 bits per heavy atom. The molecule has 0 radical (unpaired) electrons. The zero-order chi connectivity index (χ0) is 44.0. The summed E-state index contributed by atoms with van der Waals surface area (Å²) in [6, 6.07) is 0. The Morgan fingerprint density at radius 3 is 0.817 bits per heavy atom. The highest BCUT2D eigenvalue weighted by Gasteiger charge is 2.19. The van der Waals surface area contributed by atoms with Gasteiger partial charge in [0.25, 0.3) is 0 Å². The van der Waals surface area contributed by atoms with E-state index >= 15 is 0 Å². The van der Waals surface area contributed by atoms with Crippen LogP contribution < -0.4 is 0 Å². The average molecular weight is 849 g/mol. The molecule has 0 aromatic rings. The molecule has 0 unspecified atom stereocenters. The van der Waals surface area contributed by atoms with Crippen LogP contribution >= 0.6 is 0 Å². The van der Waals surface area contributed by atoms with Crippen LogP contribution in [0.4, 0.5) is 0 Å². The van der Waals surface area contributed by atoms with Crippen molar-refractivity contribution in [3.63, 3.8) is 0 Å². The molecule has 0 saturated heterocycles. The first-order chi connectivity index (χ1) is 29.2. The lowest BCUT2D eigenvalue weighted by Gasteiger charge is -2.18. The number of ether oxygens (including phenoxy) is 3. The van der Waals surface area contributed by atoms with Crippen molar-refractivity contribution in [3.8, 4) is 0 Å². The fourth-order valence-corrected chi connectivity index (χ4v) is 8.17. The highest BCUT2D eigenvalue weighted by molar-refractivity contribution is 5.71. The van der Waals surface area contributed by atoms with Crippen LogP contribution in [0.3, 0.4) is 0 Å². The summed E-state index contributed by atoms with van der Waals surface area (Å²) in [4.78, 5) is 37.9. The van der Waals surface area contributed by atoms with E-state index in [0.29, 0.717) is 19.3 Å². The van der Waals surface area contributed by atoms with Gasteiger partial charge in [0.1, 0.15) is 13.2 Å². The molecule has 0 fully saturated rings. The number of carbonyl (C=O) groups excluding carboxylic acids is 3. The van der Waals surface area contributed by atoms with Crippen molar-refractivity contribution >= 4 is 17.9 Å². The smallest absolute Gasteiger partial charge is 0.306 e. The first kappa shape index (κ1) is 58.4. The molecule has 0 heterocycles. The van der Waals surface area contributed by atoms with Crippen molar-refractivity contribution in [1.82, 2.24) is 0 Å². The second-order valence-electron chi connectivity index (χ2n) is 19.5. The molecule has 0 aromatic heterocycles. The number of carbonyl (C=O) groups is 3. The number of hydrogen-bond donors (Lipinski definition) is 0. The first-order valence-electron chi connectivity index (χ1n) is 26.7. The summed E-state index contributed by atoms with van der Waals surface area (Å²) < 4.78 is 16.8. The third-order valence-electron chi connectivity index (χ3n) is 12.2. The first-order valence-corrected chi connectivity index (χ1v) is 26.7. The largest absolute Gasteiger partial charge is 0.462 e. The molecule has 0 spiro atoms. The van der Waals surface area contributed by atoms with Gasteiger partial charge in [-0.3, -0.25) is 14.4 Å². The van der Waals surface area contributed by atoms with E-state index < -0.39 is 6.10 Å². The van der Waals surface area contributed by atoms with Gasteiger partial charge >= 0.3 is 17.9 Å². The van der Waals surface area contributed by atoms with Crippen LogP contribution in [0.25, 0.3) is 0 Å². The molecule has 0 amide bonds. The zero-order valence-electron chi connectivity index (χ0n) is 41.1. The lowest BCUT2D eigenvalue weighted by molar-refractivity contribution is -0.167. The summed E-state index contributed by atoms with van der Waals surface area (Å²) in [7, 11) is 0. The maximum Gasteiger partial charge on any atom is 0.306 e. The second-order valence-corrected chi connectivity index (χ2v) is 19.5. The van der Waals surface area contributed by atoms with Gasteiger partial charge in [0.15, 0.2) is 6.10 Å². The van der Waals surface area contributed by atoms with Crippen LogP contribution in [0, 0.1) is 11.8 Å². The van der Waals surface area contributed by atoms with E-state index in [1.807, 2.05) is 0 Å². The highest BCUT2D eigenvalue weighted by Crippen LogP contribution is 2.18. The molecule has 6 heteroatoms. The Labute approximate surface area is 374 Å². The summed E-state index contributed by atoms with van der Waals surface area (Å²) in [5, 5.41) is 0. The van der Waals surface area contributed by atoms with Crippen molar-refractivity contribution in [2.24, 2.45) is 11.8 Å². The van der Waals surface area contributed by atoms with Crippen LogP contribution in [0.2, 0.25) is 0 Å². The van der Waals surface area contributed by atoms with E-state index in [-0.39, 0.29) is 31.1 Å². The molecule has 0 N–H and O–H groups in total. The fourth-order valence-electron chi connectivity index (χ4n) is 8.17. The molecule has 0 aliphatic carbocycles. The minimum atomic E-state index is -0.761. The van der Waals surface area contributed by atoms with Gasteiger partial charge in [-0.25, -0.2) is 0 Å². The Morgan fingerprint density at radius 2 is 0.550 bits per heavy atom. The van der Waals surface area contributed by atoms with Crippen molar-refractivity contribution < 1.29 is 28.6 Å². The van der Waals surface area contributed by atoms with Crippen molar-refractivity contribution in [2.45, 2.75) is 304 Å². The molecule has 356 valence electrons. The van der Waals surface area contributed by atoms with Gasteiger partial charge in [0.2, 0.25) is 0 Å². The van der Waals surface area contributed by atoms with Gasteiger partial charge in [-0.05, 0) is 31.1 Å². The Balaban J connectivity index is 4.24. The highest BCUT2D eigenvalue weighted by atomic mass is 16.6. The normalized spacial score (nSPS) is 12.1. The van der Waals surface area contributed by atoms with Gasteiger partial charge in [-0.15, -0.1) is 0 Å².